The van der Waals surface area contributed by atoms with Crippen LogP contribution in [0.5, 0.6) is 0 Å². The molecular weight excluding hydrogens is 276 g/mol. The average molecular weight is 308 g/mol. The van der Waals surface area contributed by atoms with Gasteiger partial charge in [-0.3, -0.25) is 9.89 Å². The average Bonchev–Trinajstić information content (AvgIpc) is 3.31. The Morgan fingerprint density at radius 3 is 2.77 bits per heavy atom. The Hall–Kier alpha value is -0.810. The van der Waals surface area contributed by atoms with Crippen LogP contribution in [0.15, 0.2) is 4.99 Å². The number of guanidine groups is 1. The van der Waals surface area contributed by atoms with E-state index in [1.807, 2.05) is 0 Å². The molecule has 0 aromatic carbocycles. The minimum Gasteiger partial charge on any atom is -0.376 e. The van der Waals surface area contributed by atoms with E-state index in [-0.39, 0.29) is 0 Å². The molecule has 1 aliphatic carbocycles. The monoisotopic (exact) mass is 308 g/mol. The highest BCUT2D eigenvalue weighted by Crippen LogP contribution is 2.31. The van der Waals surface area contributed by atoms with E-state index in [0.29, 0.717) is 18.1 Å². The van der Waals surface area contributed by atoms with E-state index in [1.165, 1.54) is 32.2 Å². The molecule has 3 unspecified atom stereocenters. The molecule has 2 N–H and O–H groups in total. The van der Waals surface area contributed by atoms with Gasteiger partial charge in [-0.2, -0.15) is 0 Å². The molecule has 22 heavy (non-hydrogen) atoms. The zero-order valence-corrected chi connectivity index (χ0v) is 14.2. The van der Waals surface area contributed by atoms with Crippen molar-refractivity contribution in [2.24, 2.45) is 10.9 Å². The van der Waals surface area contributed by atoms with Crippen LogP contribution >= 0.6 is 0 Å². The van der Waals surface area contributed by atoms with E-state index in [2.05, 4.69) is 29.4 Å². The van der Waals surface area contributed by atoms with E-state index < -0.39 is 0 Å². The van der Waals surface area contributed by atoms with E-state index in [0.717, 1.165) is 44.7 Å². The molecule has 0 amide bonds. The fraction of sp³-hybridized carbons (Fsp3) is 0.941. The zero-order valence-electron chi connectivity index (χ0n) is 14.2. The van der Waals surface area contributed by atoms with Gasteiger partial charge in [-0.1, -0.05) is 6.92 Å². The van der Waals surface area contributed by atoms with Crippen molar-refractivity contribution >= 4 is 5.96 Å². The Bertz CT molecular complexity index is 377. The number of hydrogen-bond acceptors (Lipinski definition) is 3. The third kappa shape index (κ3) is 4.35. The molecule has 0 bridgehead atoms. The van der Waals surface area contributed by atoms with Gasteiger partial charge in [-0.05, 0) is 44.9 Å². The SMILES string of the molecule is CCNC(=NCC1CCCCO1)NC1CN(C2CC2)CC1C. The molecule has 0 aromatic heterocycles. The molecule has 0 spiro atoms. The summed E-state index contributed by atoms with van der Waals surface area (Å²) in [6, 6.07) is 1.38. The van der Waals surface area contributed by atoms with Crippen molar-refractivity contribution in [3.63, 3.8) is 0 Å². The minimum absolute atomic E-state index is 0.313. The maximum absolute atomic E-state index is 5.78. The summed E-state index contributed by atoms with van der Waals surface area (Å²) in [6.07, 6.45) is 6.74. The van der Waals surface area contributed by atoms with Crippen molar-refractivity contribution in [2.45, 2.75) is 64.1 Å². The smallest absolute Gasteiger partial charge is 0.191 e. The van der Waals surface area contributed by atoms with Crippen LogP contribution in [-0.4, -0.2) is 61.8 Å². The summed E-state index contributed by atoms with van der Waals surface area (Å²) >= 11 is 0. The number of hydrogen-bond donors (Lipinski definition) is 2. The van der Waals surface area contributed by atoms with Crippen LogP contribution in [0.4, 0.5) is 0 Å². The number of ether oxygens (including phenoxy) is 1. The topological polar surface area (TPSA) is 48.9 Å². The highest BCUT2D eigenvalue weighted by molar-refractivity contribution is 5.80. The summed E-state index contributed by atoms with van der Waals surface area (Å²) in [7, 11) is 0. The van der Waals surface area contributed by atoms with Crippen molar-refractivity contribution in [3.05, 3.63) is 0 Å². The fourth-order valence-electron chi connectivity index (χ4n) is 3.57. The lowest BCUT2D eigenvalue weighted by molar-refractivity contribution is 0.0224. The predicted molar refractivity (Wildman–Crippen MR) is 90.3 cm³/mol. The van der Waals surface area contributed by atoms with Crippen LogP contribution in [-0.2, 0) is 4.74 Å². The maximum atomic E-state index is 5.78. The summed E-state index contributed by atoms with van der Waals surface area (Å²) in [5.74, 6) is 1.65. The molecule has 2 saturated heterocycles. The Kier molecular flexibility index (Phi) is 5.58. The first-order valence-electron chi connectivity index (χ1n) is 9.16. The zero-order chi connectivity index (χ0) is 15.4. The summed E-state index contributed by atoms with van der Waals surface area (Å²) in [4.78, 5) is 7.42. The lowest BCUT2D eigenvalue weighted by atomic mass is 10.1. The van der Waals surface area contributed by atoms with E-state index in [1.54, 1.807) is 0 Å². The largest absolute Gasteiger partial charge is 0.376 e. The van der Waals surface area contributed by atoms with E-state index in [4.69, 9.17) is 9.73 Å². The molecule has 2 heterocycles. The van der Waals surface area contributed by atoms with Crippen molar-refractivity contribution in [2.75, 3.05) is 32.8 Å². The Labute approximate surface area is 134 Å². The van der Waals surface area contributed by atoms with Crippen LogP contribution in [0.2, 0.25) is 0 Å². The van der Waals surface area contributed by atoms with Gasteiger partial charge in [0.15, 0.2) is 5.96 Å². The van der Waals surface area contributed by atoms with Gasteiger partial charge in [0, 0.05) is 38.3 Å². The van der Waals surface area contributed by atoms with Gasteiger partial charge in [-0.25, -0.2) is 0 Å². The normalized spacial score (nSPS) is 33.9. The fourth-order valence-corrected chi connectivity index (χ4v) is 3.57. The lowest BCUT2D eigenvalue weighted by Gasteiger charge is -2.23. The molecule has 3 rings (SSSR count). The Morgan fingerprint density at radius 1 is 1.23 bits per heavy atom. The van der Waals surface area contributed by atoms with Crippen LogP contribution in [0.3, 0.4) is 0 Å². The number of likely N-dealkylation sites (tertiary alicyclic amines) is 1. The molecule has 0 radical (unpaired) electrons. The van der Waals surface area contributed by atoms with Crippen molar-refractivity contribution in [1.82, 2.24) is 15.5 Å². The number of nitrogens with zero attached hydrogens (tertiary/aromatic N) is 2. The van der Waals surface area contributed by atoms with E-state index >= 15 is 0 Å². The third-order valence-corrected chi connectivity index (χ3v) is 5.10. The van der Waals surface area contributed by atoms with Gasteiger partial charge in [0.05, 0.1) is 12.6 Å². The number of nitrogens with one attached hydrogen (secondary N) is 2. The number of rotatable bonds is 5. The molecule has 2 aliphatic heterocycles. The standard InChI is InChI=1S/C17H32N4O/c1-3-18-17(19-10-15-6-4-5-9-22-15)20-16-12-21(11-13(16)2)14-7-8-14/h13-16H,3-12H2,1-2H3,(H2,18,19,20). The third-order valence-electron chi connectivity index (χ3n) is 5.10. The van der Waals surface area contributed by atoms with Gasteiger partial charge < -0.3 is 15.4 Å². The molecule has 1 saturated carbocycles. The summed E-state index contributed by atoms with van der Waals surface area (Å²) in [5, 5.41) is 7.05. The highest BCUT2D eigenvalue weighted by Gasteiger charge is 2.38. The highest BCUT2D eigenvalue weighted by atomic mass is 16.5. The molecule has 0 aromatic rings. The van der Waals surface area contributed by atoms with Crippen LogP contribution in [0.25, 0.3) is 0 Å². The predicted octanol–water partition coefficient (Wildman–Crippen LogP) is 1.59. The molecule has 5 nitrogen and oxygen atoms in total. The van der Waals surface area contributed by atoms with Gasteiger partial charge in [0.25, 0.3) is 0 Å². The first-order valence-corrected chi connectivity index (χ1v) is 9.16. The van der Waals surface area contributed by atoms with Crippen molar-refractivity contribution in [1.29, 1.82) is 0 Å². The van der Waals surface area contributed by atoms with Gasteiger partial charge >= 0.3 is 0 Å². The molecule has 3 atom stereocenters. The summed E-state index contributed by atoms with van der Waals surface area (Å²) in [5.41, 5.74) is 0. The quantitative estimate of drug-likeness (QED) is 0.598. The van der Waals surface area contributed by atoms with Gasteiger partial charge in [-0.15, -0.1) is 0 Å². The molecular formula is C17H32N4O. The van der Waals surface area contributed by atoms with Gasteiger partial charge in [0.2, 0.25) is 0 Å². The number of aliphatic imine (C=N–C) groups is 1. The van der Waals surface area contributed by atoms with Crippen molar-refractivity contribution in [3.8, 4) is 0 Å². The van der Waals surface area contributed by atoms with Crippen LogP contribution in [0, 0.1) is 5.92 Å². The van der Waals surface area contributed by atoms with Crippen LogP contribution in [0.1, 0.15) is 46.0 Å². The lowest BCUT2D eigenvalue weighted by Crippen LogP contribution is -2.47. The second-order valence-corrected chi connectivity index (χ2v) is 7.12. The maximum Gasteiger partial charge on any atom is 0.191 e. The van der Waals surface area contributed by atoms with Gasteiger partial charge in [0.1, 0.15) is 0 Å². The Morgan fingerprint density at radius 2 is 2.09 bits per heavy atom. The molecule has 126 valence electrons. The first-order chi connectivity index (χ1) is 10.8. The second kappa shape index (κ2) is 7.64. The molecule has 5 heteroatoms. The second-order valence-electron chi connectivity index (χ2n) is 7.12. The minimum atomic E-state index is 0.313. The Balaban J connectivity index is 1.51. The summed E-state index contributed by atoms with van der Waals surface area (Å²) in [6.45, 7) is 9.47. The molecule has 3 fully saturated rings. The van der Waals surface area contributed by atoms with Crippen LogP contribution < -0.4 is 10.6 Å². The van der Waals surface area contributed by atoms with E-state index in [9.17, 15) is 0 Å². The summed E-state index contributed by atoms with van der Waals surface area (Å²) < 4.78 is 5.78. The first kappa shape index (κ1) is 16.1. The van der Waals surface area contributed by atoms with Crippen molar-refractivity contribution < 1.29 is 4.74 Å². The molecule has 3 aliphatic rings.